The molecule has 0 heterocycles. The molecule has 0 aliphatic carbocycles. The first kappa shape index (κ1) is 17.9. The molecule has 0 radical (unpaired) electrons. The van der Waals surface area contributed by atoms with Crippen LogP contribution in [0.3, 0.4) is 0 Å². The third kappa shape index (κ3) is 4.39. The monoisotopic (exact) mass is 337 g/mol. The molecule has 0 aliphatic rings. The van der Waals surface area contributed by atoms with Crippen LogP contribution in [0.15, 0.2) is 17.0 Å². The molecule has 118 valence electrons. The molecule has 0 aliphatic heterocycles. The molecule has 0 aromatic heterocycles. The number of rotatable bonds is 6. The van der Waals surface area contributed by atoms with Gasteiger partial charge in [-0.1, -0.05) is 32.4 Å². The van der Waals surface area contributed by atoms with Crippen molar-refractivity contribution in [3.8, 4) is 0 Å². The molecule has 0 saturated carbocycles. The van der Waals surface area contributed by atoms with Crippen LogP contribution in [-0.4, -0.2) is 26.0 Å². The predicted octanol–water partition coefficient (Wildman–Crippen LogP) is 2.89. The highest BCUT2D eigenvalue weighted by molar-refractivity contribution is 7.89. The minimum atomic E-state index is -4.01. The molecule has 1 rings (SSSR count). The van der Waals surface area contributed by atoms with Gasteiger partial charge in [-0.15, -0.1) is 0 Å². The molecule has 5 nitrogen and oxygen atoms in total. The van der Waals surface area contributed by atoms with Crippen molar-refractivity contribution in [2.75, 3.05) is 6.54 Å². The second kappa shape index (κ2) is 6.29. The fourth-order valence-electron chi connectivity index (χ4n) is 1.37. The molecule has 0 bridgehead atoms. The Kier molecular flexibility index (Phi) is 5.35. The van der Waals surface area contributed by atoms with Crippen molar-refractivity contribution >= 4 is 27.6 Å². The average Bonchev–Trinajstić information content (AvgIpc) is 2.39. The summed E-state index contributed by atoms with van der Waals surface area (Å²) < 4.78 is 40.2. The standard InChI is InChI=1S/C13H17ClFNO4S/c1-4-13(2,3)7-16-21(19,20)8-5-9(12(17)18)11(14)10(15)6-8/h5-6,16H,4,7H2,1-3H3,(H,17,18). The van der Waals surface area contributed by atoms with Gasteiger partial charge in [0.25, 0.3) is 0 Å². The molecule has 8 heteroatoms. The SMILES string of the molecule is CCC(C)(C)CNS(=O)(=O)c1cc(F)c(Cl)c(C(=O)O)c1. The van der Waals surface area contributed by atoms with Gasteiger partial charge in [0.2, 0.25) is 10.0 Å². The zero-order chi connectivity index (χ0) is 16.4. The smallest absolute Gasteiger partial charge is 0.337 e. The highest BCUT2D eigenvalue weighted by Crippen LogP contribution is 2.25. The van der Waals surface area contributed by atoms with Crippen molar-refractivity contribution in [1.29, 1.82) is 0 Å². The lowest BCUT2D eigenvalue weighted by molar-refractivity contribution is 0.0696. The Morgan fingerprint density at radius 3 is 2.48 bits per heavy atom. The minimum Gasteiger partial charge on any atom is -0.478 e. The van der Waals surface area contributed by atoms with Crippen LogP contribution in [0.25, 0.3) is 0 Å². The van der Waals surface area contributed by atoms with Crippen LogP contribution in [-0.2, 0) is 10.0 Å². The van der Waals surface area contributed by atoms with Crippen LogP contribution in [0.1, 0.15) is 37.6 Å². The van der Waals surface area contributed by atoms with Gasteiger partial charge in [0.05, 0.1) is 15.5 Å². The Labute approximate surface area is 128 Å². The van der Waals surface area contributed by atoms with Gasteiger partial charge < -0.3 is 5.11 Å². The maximum Gasteiger partial charge on any atom is 0.337 e. The second-order valence-electron chi connectivity index (χ2n) is 5.41. The second-order valence-corrected chi connectivity index (χ2v) is 7.56. The number of nitrogens with one attached hydrogen (secondary N) is 1. The van der Waals surface area contributed by atoms with Gasteiger partial charge in [0, 0.05) is 6.54 Å². The number of carboxylic acids is 1. The molecular formula is C13H17ClFNO4S. The summed E-state index contributed by atoms with van der Waals surface area (Å²) in [7, 11) is -4.01. The predicted molar refractivity (Wildman–Crippen MR) is 77.6 cm³/mol. The fourth-order valence-corrected chi connectivity index (χ4v) is 2.84. The molecule has 0 saturated heterocycles. The largest absolute Gasteiger partial charge is 0.478 e. The van der Waals surface area contributed by atoms with Crippen LogP contribution in [0.5, 0.6) is 0 Å². The fraction of sp³-hybridized carbons (Fsp3) is 0.462. The highest BCUT2D eigenvalue weighted by atomic mass is 35.5. The van der Waals surface area contributed by atoms with Crippen molar-refractivity contribution in [1.82, 2.24) is 4.72 Å². The van der Waals surface area contributed by atoms with Crippen molar-refractivity contribution < 1.29 is 22.7 Å². The van der Waals surface area contributed by atoms with E-state index in [1.54, 1.807) is 0 Å². The summed E-state index contributed by atoms with van der Waals surface area (Å²) in [6.45, 7) is 5.82. The normalized spacial score (nSPS) is 12.4. The Morgan fingerprint density at radius 2 is 2.00 bits per heavy atom. The summed E-state index contributed by atoms with van der Waals surface area (Å²) in [5, 5.41) is 8.30. The molecule has 2 N–H and O–H groups in total. The molecule has 0 amide bonds. The summed E-state index contributed by atoms with van der Waals surface area (Å²) >= 11 is 5.51. The molecular weight excluding hydrogens is 321 g/mol. The first-order valence-corrected chi connectivity index (χ1v) is 8.08. The van der Waals surface area contributed by atoms with Crippen molar-refractivity contribution in [3.63, 3.8) is 0 Å². The molecule has 0 atom stereocenters. The van der Waals surface area contributed by atoms with Gasteiger partial charge in [0.1, 0.15) is 5.82 Å². The first-order valence-electron chi connectivity index (χ1n) is 6.22. The van der Waals surface area contributed by atoms with Crippen LogP contribution in [0, 0.1) is 11.2 Å². The minimum absolute atomic E-state index is 0.151. The van der Waals surface area contributed by atoms with E-state index in [1.807, 2.05) is 20.8 Å². The number of halogens is 2. The van der Waals surface area contributed by atoms with E-state index in [9.17, 15) is 17.6 Å². The lowest BCUT2D eigenvalue weighted by Crippen LogP contribution is -2.33. The lowest BCUT2D eigenvalue weighted by atomic mass is 9.91. The highest BCUT2D eigenvalue weighted by Gasteiger charge is 2.24. The number of carbonyl (C=O) groups is 1. The van der Waals surface area contributed by atoms with E-state index in [0.29, 0.717) is 6.07 Å². The Balaban J connectivity index is 3.18. The topological polar surface area (TPSA) is 83.5 Å². The maximum atomic E-state index is 13.6. The number of hydrogen-bond donors (Lipinski definition) is 2. The van der Waals surface area contributed by atoms with Gasteiger partial charge in [-0.05, 0) is 24.0 Å². The average molecular weight is 338 g/mol. The molecule has 0 fully saturated rings. The molecule has 1 aromatic rings. The van der Waals surface area contributed by atoms with Crippen molar-refractivity contribution in [3.05, 3.63) is 28.5 Å². The van der Waals surface area contributed by atoms with E-state index in [-0.39, 0.29) is 12.0 Å². The lowest BCUT2D eigenvalue weighted by Gasteiger charge is -2.22. The van der Waals surface area contributed by atoms with E-state index in [4.69, 9.17) is 16.7 Å². The number of hydrogen-bond acceptors (Lipinski definition) is 3. The van der Waals surface area contributed by atoms with Gasteiger partial charge in [-0.25, -0.2) is 22.3 Å². The van der Waals surface area contributed by atoms with Gasteiger partial charge in [-0.2, -0.15) is 0 Å². The van der Waals surface area contributed by atoms with Crippen molar-refractivity contribution in [2.45, 2.75) is 32.1 Å². The van der Waals surface area contributed by atoms with E-state index >= 15 is 0 Å². The van der Waals surface area contributed by atoms with Gasteiger partial charge in [0.15, 0.2) is 0 Å². The third-order valence-corrected chi connectivity index (χ3v) is 5.01. The Bertz CT molecular complexity index is 658. The summed E-state index contributed by atoms with van der Waals surface area (Å²) in [6, 6.07) is 1.55. The molecule has 21 heavy (non-hydrogen) atoms. The summed E-state index contributed by atoms with van der Waals surface area (Å²) in [4.78, 5) is 10.5. The zero-order valence-electron chi connectivity index (χ0n) is 11.9. The number of carboxylic acid groups (broad SMARTS) is 1. The van der Waals surface area contributed by atoms with Crippen LogP contribution in [0.2, 0.25) is 5.02 Å². The summed E-state index contributed by atoms with van der Waals surface area (Å²) in [6.07, 6.45) is 0.741. The number of benzene rings is 1. The van der Waals surface area contributed by atoms with Gasteiger partial charge >= 0.3 is 5.97 Å². The molecule has 1 aromatic carbocycles. The molecule has 0 spiro atoms. The quantitative estimate of drug-likeness (QED) is 0.836. The summed E-state index contributed by atoms with van der Waals surface area (Å²) in [5.74, 6) is -2.59. The third-order valence-electron chi connectivity index (χ3n) is 3.24. The number of sulfonamides is 1. The zero-order valence-corrected chi connectivity index (χ0v) is 13.5. The summed E-state index contributed by atoms with van der Waals surface area (Å²) in [5.41, 5.74) is -0.861. The van der Waals surface area contributed by atoms with E-state index in [2.05, 4.69) is 4.72 Å². The maximum absolute atomic E-state index is 13.6. The van der Waals surface area contributed by atoms with Crippen LogP contribution < -0.4 is 4.72 Å². The number of aromatic carboxylic acids is 1. The Hall–Kier alpha value is -1.18. The van der Waals surface area contributed by atoms with Gasteiger partial charge in [-0.3, -0.25) is 0 Å². The van der Waals surface area contributed by atoms with Crippen LogP contribution in [0.4, 0.5) is 4.39 Å². The van der Waals surface area contributed by atoms with E-state index in [1.165, 1.54) is 0 Å². The molecule has 0 unspecified atom stereocenters. The van der Waals surface area contributed by atoms with E-state index in [0.717, 1.165) is 12.5 Å². The van der Waals surface area contributed by atoms with E-state index < -0.39 is 37.3 Å². The Morgan fingerprint density at radius 1 is 1.43 bits per heavy atom. The van der Waals surface area contributed by atoms with Crippen LogP contribution >= 0.6 is 11.6 Å². The van der Waals surface area contributed by atoms with Crippen molar-refractivity contribution in [2.24, 2.45) is 5.41 Å². The first-order chi connectivity index (χ1) is 9.50.